The van der Waals surface area contributed by atoms with Gasteiger partial charge in [-0.2, -0.15) is 0 Å². The molecule has 1 aromatic rings. The lowest BCUT2D eigenvalue weighted by molar-refractivity contribution is 0.572. The van der Waals surface area contributed by atoms with E-state index in [0.717, 1.165) is 23.1 Å². The second-order valence-corrected chi connectivity index (χ2v) is 6.90. The first-order valence-corrected chi connectivity index (χ1v) is 7.96. The number of anilines is 1. The molecule has 1 aliphatic heterocycles. The van der Waals surface area contributed by atoms with Crippen molar-refractivity contribution in [3.8, 4) is 0 Å². The predicted octanol–water partition coefficient (Wildman–Crippen LogP) is 1.58. The second-order valence-electron chi connectivity index (χ2n) is 3.97. The summed E-state index contributed by atoms with van der Waals surface area (Å²) in [7, 11) is -3.19. The highest BCUT2D eigenvalue weighted by atomic mass is 79.9. The van der Waals surface area contributed by atoms with E-state index in [1.54, 1.807) is 0 Å². The van der Waals surface area contributed by atoms with Gasteiger partial charge in [-0.15, -0.1) is 0 Å². The van der Waals surface area contributed by atoms with Gasteiger partial charge in [0.2, 0.25) is 10.0 Å². The fraction of sp³-hybridized carbons (Fsp3) is 0.455. The van der Waals surface area contributed by atoms with Crippen LogP contribution in [0.15, 0.2) is 28.7 Å². The molecule has 0 bridgehead atoms. The van der Waals surface area contributed by atoms with Crippen molar-refractivity contribution in [2.45, 2.75) is 6.42 Å². The van der Waals surface area contributed by atoms with Gasteiger partial charge in [0.1, 0.15) is 0 Å². The molecule has 0 unspecified atom stereocenters. The van der Waals surface area contributed by atoms with Crippen molar-refractivity contribution in [1.82, 2.24) is 5.32 Å². The first kappa shape index (κ1) is 12.9. The Hall–Kier alpha value is -0.590. The lowest BCUT2D eigenvalue weighted by atomic mass is 10.3. The van der Waals surface area contributed by atoms with E-state index in [-0.39, 0.29) is 5.75 Å². The summed E-state index contributed by atoms with van der Waals surface area (Å²) in [6.45, 7) is 1.93. The molecular weight excluding hydrogens is 304 g/mol. The van der Waals surface area contributed by atoms with Gasteiger partial charge in [0.25, 0.3) is 0 Å². The minimum atomic E-state index is -3.19. The normalized spacial score (nSPS) is 20.6. The topological polar surface area (TPSA) is 49.4 Å². The molecule has 2 rings (SSSR count). The van der Waals surface area contributed by atoms with Crippen LogP contribution in [0, 0.1) is 0 Å². The molecule has 0 aliphatic carbocycles. The molecule has 0 amide bonds. The summed E-state index contributed by atoms with van der Waals surface area (Å²) in [6.07, 6.45) is 0.829. The highest BCUT2D eigenvalue weighted by Gasteiger charge is 2.23. The van der Waals surface area contributed by atoms with E-state index in [1.165, 1.54) is 4.31 Å². The molecule has 4 nitrogen and oxygen atoms in total. The lowest BCUT2D eigenvalue weighted by Gasteiger charge is -2.26. The van der Waals surface area contributed by atoms with Crippen molar-refractivity contribution in [1.29, 1.82) is 0 Å². The summed E-state index contributed by atoms with van der Waals surface area (Å²) in [4.78, 5) is 0. The molecule has 6 heteroatoms. The molecule has 0 spiro atoms. The summed E-state index contributed by atoms with van der Waals surface area (Å²) in [5.74, 6) is 0.156. The molecule has 94 valence electrons. The number of benzene rings is 1. The highest BCUT2D eigenvalue weighted by Crippen LogP contribution is 2.22. The number of nitrogens with one attached hydrogen (secondary N) is 1. The molecule has 1 aliphatic rings. The zero-order chi connectivity index (χ0) is 12.3. The Morgan fingerprint density at radius 1 is 1.18 bits per heavy atom. The van der Waals surface area contributed by atoms with Gasteiger partial charge < -0.3 is 5.32 Å². The van der Waals surface area contributed by atoms with E-state index >= 15 is 0 Å². The predicted molar refractivity (Wildman–Crippen MR) is 72.8 cm³/mol. The van der Waals surface area contributed by atoms with Gasteiger partial charge in [-0.1, -0.05) is 15.9 Å². The van der Waals surface area contributed by atoms with E-state index in [9.17, 15) is 8.42 Å². The van der Waals surface area contributed by atoms with Crippen LogP contribution in [0.5, 0.6) is 0 Å². The van der Waals surface area contributed by atoms with Gasteiger partial charge in [0, 0.05) is 17.6 Å². The number of hydrogen-bond donors (Lipinski definition) is 1. The monoisotopic (exact) mass is 318 g/mol. The summed E-state index contributed by atoms with van der Waals surface area (Å²) < 4.78 is 26.7. The first-order chi connectivity index (χ1) is 8.09. The Balaban J connectivity index is 2.29. The van der Waals surface area contributed by atoms with Crippen LogP contribution in [-0.4, -0.2) is 33.8 Å². The smallest absolute Gasteiger partial charge is 0.236 e. The van der Waals surface area contributed by atoms with Gasteiger partial charge in [0.15, 0.2) is 0 Å². The van der Waals surface area contributed by atoms with Crippen LogP contribution in [0.3, 0.4) is 0 Å². The maximum atomic E-state index is 12.1. The van der Waals surface area contributed by atoms with Gasteiger partial charge in [-0.05, 0) is 37.2 Å². The first-order valence-electron chi connectivity index (χ1n) is 5.56. The van der Waals surface area contributed by atoms with Crippen molar-refractivity contribution < 1.29 is 8.42 Å². The van der Waals surface area contributed by atoms with Crippen LogP contribution >= 0.6 is 15.9 Å². The molecule has 0 saturated carbocycles. The molecule has 0 atom stereocenters. The van der Waals surface area contributed by atoms with E-state index in [4.69, 9.17) is 0 Å². The molecular formula is C11H15BrN2O2S. The Morgan fingerprint density at radius 3 is 2.59 bits per heavy atom. The van der Waals surface area contributed by atoms with Crippen molar-refractivity contribution in [2.75, 3.05) is 29.7 Å². The van der Waals surface area contributed by atoms with E-state index in [1.807, 2.05) is 24.3 Å². The third-order valence-electron chi connectivity index (χ3n) is 2.70. The minimum Gasteiger partial charge on any atom is -0.316 e. The van der Waals surface area contributed by atoms with Crippen LogP contribution in [0.4, 0.5) is 5.69 Å². The molecule has 0 radical (unpaired) electrons. The number of nitrogens with zero attached hydrogens (tertiary/aromatic N) is 1. The Labute approximate surface area is 110 Å². The molecule has 1 aromatic carbocycles. The van der Waals surface area contributed by atoms with Crippen LogP contribution in [0.25, 0.3) is 0 Å². The molecule has 0 aromatic heterocycles. The van der Waals surface area contributed by atoms with Crippen LogP contribution in [-0.2, 0) is 10.0 Å². The van der Waals surface area contributed by atoms with E-state index in [2.05, 4.69) is 21.2 Å². The fourth-order valence-electron chi connectivity index (χ4n) is 1.82. The van der Waals surface area contributed by atoms with Crippen molar-refractivity contribution in [3.05, 3.63) is 28.7 Å². The van der Waals surface area contributed by atoms with Crippen molar-refractivity contribution in [3.63, 3.8) is 0 Å². The zero-order valence-corrected chi connectivity index (χ0v) is 11.8. The van der Waals surface area contributed by atoms with Crippen LogP contribution < -0.4 is 9.62 Å². The zero-order valence-electron chi connectivity index (χ0n) is 9.39. The van der Waals surface area contributed by atoms with Gasteiger partial charge >= 0.3 is 0 Å². The molecule has 1 saturated heterocycles. The summed E-state index contributed by atoms with van der Waals surface area (Å²) >= 11 is 3.35. The largest absolute Gasteiger partial charge is 0.316 e. The summed E-state index contributed by atoms with van der Waals surface area (Å²) in [6, 6.07) is 7.39. The molecule has 1 fully saturated rings. The maximum Gasteiger partial charge on any atom is 0.236 e. The van der Waals surface area contributed by atoms with Gasteiger partial charge in [-0.25, -0.2) is 8.42 Å². The molecule has 1 heterocycles. The van der Waals surface area contributed by atoms with Crippen molar-refractivity contribution >= 4 is 31.6 Å². The van der Waals surface area contributed by atoms with Crippen LogP contribution in [0.2, 0.25) is 0 Å². The number of sulfonamides is 1. The lowest BCUT2D eigenvalue weighted by Crippen LogP contribution is -2.41. The van der Waals surface area contributed by atoms with Crippen LogP contribution in [0.1, 0.15) is 6.42 Å². The Morgan fingerprint density at radius 2 is 1.88 bits per heavy atom. The van der Waals surface area contributed by atoms with Crippen molar-refractivity contribution in [2.24, 2.45) is 0 Å². The second kappa shape index (κ2) is 5.37. The number of halogens is 1. The van der Waals surface area contributed by atoms with E-state index < -0.39 is 10.0 Å². The number of hydrogen-bond acceptors (Lipinski definition) is 3. The van der Waals surface area contributed by atoms with E-state index in [0.29, 0.717) is 13.1 Å². The maximum absolute atomic E-state index is 12.1. The third kappa shape index (κ3) is 3.20. The SMILES string of the molecule is O=S1(=O)CCNCCCN1c1ccc(Br)cc1. The van der Waals surface area contributed by atoms with Gasteiger partial charge in [-0.3, -0.25) is 4.31 Å². The summed E-state index contributed by atoms with van der Waals surface area (Å²) in [5, 5.41) is 3.11. The third-order valence-corrected chi connectivity index (χ3v) is 5.02. The summed E-state index contributed by atoms with van der Waals surface area (Å²) in [5.41, 5.74) is 0.745. The quantitative estimate of drug-likeness (QED) is 0.855. The highest BCUT2D eigenvalue weighted by molar-refractivity contribution is 9.10. The minimum absolute atomic E-state index is 0.156. The van der Waals surface area contributed by atoms with Gasteiger partial charge in [0.05, 0.1) is 11.4 Å². The Bertz CT molecular complexity index is 473. The number of rotatable bonds is 1. The molecule has 1 N–H and O–H groups in total. The standard InChI is InChI=1S/C11H15BrN2O2S/c12-10-2-4-11(5-3-10)14-8-1-6-13-7-9-17(14,15)16/h2-5,13H,1,6-9H2. The average Bonchev–Trinajstić information content (AvgIpc) is 2.27. The average molecular weight is 319 g/mol. The molecule has 17 heavy (non-hydrogen) atoms. The fourth-order valence-corrected chi connectivity index (χ4v) is 3.56. The Kier molecular flexibility index (Phi) is 4.06.